The summed E-state index contributed by atoms with van der Waals surface area (Å²) in [4.78, 5) is 48.5. The fourth-order valence-electron chi connectivity index (χ4n) is 1.71. The molecule has 2 heterocycles. The van der Waals surface area contributed by atoms with Gasteiger partial charge in [0, 0.05) is 21.1 Å². The maximum atomic E-state index is 11.8. The highest BCUT2D eigenvalue weighted by molar-refractivity contribution is 6.23. The van der Waals surface area contributed by atoms with Gasteiger partial charge in [-0.15, -0.1) is 0 Å². The molecule has 0 aromatic heterocycles. The summed E-state index contributed by atoms with van der Waals surface area (Å²) in [6, 6.07) is -0.693. The Morgan fingerprint density at radius 3 is 1.75 bits per heavy atom. The monoisotopic (exact) mass is 227 g/mol. The van der Waals surface area contributed by atoms with Crippen LogP contribution in [-0.2, 0) is 14.3 Å². The van der Waals surface area contributed by atoms with Crippen LogP contribution in [-0.4, -0.2) is 65.5 Å². The first-order valence-electron chi connectivity index (χ1n) is 4.41. The number of nitrogens with zero attached hydrogens (tertiary/aromatic N) is 3. The van der Waals surface area contributed by atoms with Crippen molar-refractivity contribution >= 4 is 23.9 Å². The number of ether oxygens (including phenoxy) is 1. The molecule has 0 aromatic rings. The van der Waals surface area contributed by atoms with Crippen LogP contribution in [0.15, 0.2) is 0 Å². The SMILES string of the molecule is CN1C(=O)OC2(C1=O)C(=O)N(C)C(=O)N2C. The molecule has 0 radical (unpaired) electrons. The quantitative estimate of drug-likeness (QED) is 0.384. The Labute approximate surface area is 90.3 Å². The molecule has 2 fully saturated rings. The molecule has 1 spiro atoms. The van der Waals surface area contributed by atoms with Crippen LogP contribution in [0.25, 0.3) is 0 Å². The van der Waals surface area contributed by atoms with E-state index < -0.39 is 29.7 Å². The van der Waals surface area contributed by atoms with Crippen LogP contribution in [0.4, 0.5) is 9.59 Å². The highest BCUT2D eigenvalue weighted by Crippen LogP contribution is 2.33. The summed E-state index contributed by atoms with van der Waals surface area (Å²) >= 11 is 0. The molecule has 0 saturated carbocycles. The van der Waals surface area contributed by atoms with E-state index in [1.807, 2.05) is 0 Å². The maximum absolute atomic E-state index is 11.8. The van der Waals surface area contributed by atoms with E-state index in [0.29, 0.717) is 4.90 Å². The van der Waals surface area contributed by atoms with Crippen molar-refractivity contribution in [3.05, 3.63) is 0 Å². The standard InChI is InChI=1S/C8H9N3O5/c1-9-4(12)8(11(3)6(9)14)5(13)10(2)7(15)16-8/h1-3H3. The number of carbonyl (C=O) groups is 4. The summed E-state index contributed by atoms with van der Waals surface area (Å²) in [7, 11) is 3.63. The van der Waals surface area contributed by atoms with Crippen LogP contribution in [0.2, 0.25) is 0 Å². The molecule has 2 aliphatic rings. The zero-order valence-electron chi connectivity index (χ0n) is 8.88. The lowest BCUT2D eigenvalue weighted by Crippen LogP contribution is -2.54. The molecular formula is C8H9N3O5. The smallest absolute Gasteiger partial charge is 0.403 e. The minimum absolute atomic E-state index is 0.668. The molecule has 2 saturated heterocycles. The van der Waals surface area contributed by atoms with Gasteiger partial charge in [-0.1, -0.05) is 0 Å². The highest BCUT2D eigenvalue weighted by Gasteiger charge is 2.68. The van der Waals surface area contributed by atoms with Gasteiger partial charge in [0.25, 0.3) is 0 Å². The largest absolute Gasteiger partial charge is 0.419 e. The Kier molecular flexibility index (Phi) is 1.76. The minimum Gasteiger partial charge on any atom is -0.403 e. The van der Waals surface area contributed by atoms with Crippen molar-refractivity contribution in [2.24, 2.45) is 0 Å². The van der Waals surface area contributed by atoms with E-state index in [-0.39, 0.29) is 0 Å². The Hall–Kier alpha value is -2.12. The molecule has 8 nitrogen and oxygen atoms in total. The second-order valence-corrected chi connectivity index (χ2v) is 3.58. The molecule has 5 amide bonds. The lowest BCUT2D eigenvalue weighted by Gasteiger charge is -2.22. The summed E-state index contributed by atoms with van der Waals surface area (Å²) in [5, 5.41) is 0. The summed E-state index contributed by atoms with van der Waals surface area (Å²) in [6.45, 7) is 0. The summed E-state index contributed by atoms with van der Waals surface area (Å²) < 4.78 is 4.75. The van der Waals surface area contributed by atoms with Crippen molar-refractivity contribution in [3.63, 3.8) is 0 Å². The van der Waals surface area contributed by atoms with Gasteiger partial charge in [0.1, 0.15) is 0 Å². The Bertz CT molecular complexity index is 423. The average Bonchev–Trinajstić information content (AvgIpc) is 2.57. The number of amides is 5. The molecule has 2 aliphatic heterocycles. The molecule has 1 unspecified atom stereocenters. The first-order chi connectivity index (χ1) is 7.34. The molecule has 0 aromatic carbocycles. The molecule has 1 atom stereocenters. The first kappa shape index (κ1) is 10.4. The van der Waals surface area contributed by atoms with Crippen molar-refractivity contribution in [2.75, 3.05) is 21.1 Å². The number of rotatable bonds is 0. The highest BCUT2D eigenvalue weighted by atomic mass is 16.6. The third kappa shape index (κ3) is 0.841. The van der Waals surface area contributed by atoms with E-state index >= 15 is 0 Å². The normalized spacial score (nSPS) is 29.8. The second-order valence-electron chi connectivity index (χ2n) is 3.58. The molecule has 0 aliphatic carbocycles. The molecule has 8 heteroatoms. The number of carbonyl (C=O) groups excluding carboxylic acids is 4. The van der Waals surface area contributed by atoms with Crippen molar-refractivity contribution in [3.8, 4) is 0 Å². The predicted octanol–water partition coefficient (Wildman–Crippen LogP) is -1.18. The van der Waals surface area contributed by atoms with E-state index in [1.54, 1.807) is 0 Å². The van der Waals surface area contributed by atoms with Gasteiger partial charge in [0.15, 0.2) is 0 Å². The Balaban J connectivity index is 2.55. The molecule has 86 valence electrons. The zero-order chi connectivity index (χ0) is 12.2. The van der Waals surface area contributed by atoms with Crippen molar-refractivity contribution in [2.45, 2.75) is 5.72 Å². The topological polar surface area (TPSA) is 87.2 Å². The van der Waals surface area contributed by atoms with E-state index in [2.05, 4.69) is 0 Å². The van der Waals surface area contributed by atoms with Crippen LogP contribution < -0.4 is 0 Å². The lowest BCUT2D eigenvalue weighted by molar-refractivity contribution is -0.158. The number of urea groups is 1. The second kappa shape index (κ2) is 2.71. The first-order valence-corrected chi connectivity index (χ1v) is 4.41. The Morgan fingerprint density at radius 2 is 1.44 bits per heavy atom. The molecule has 16 heavy (non-hydrogen) atoms. The van der Waals surface area contributed by atoms with Gasteiger partial charge in [0.2, 0.25) is 0 Å². The third-order valence-electron chi connectivity index (χ3n) is 2.74. The molecule has 2 rings (SSSR count). The van der Waals surface area contributed by atoms with Crippen molar-refractivity contribution in [1.82, 2.24) is 14.7 Å². The average molecular weight is 227 g/mol. The van der Waals surface area contributed by atoms with E-state index in [0.717, 1.165) is 9.80 Å². The van der Waals surface area contributed by atoms with Crippen LogP contribution in [0.5, 0.6) is 0 Å². The fraction of sp³-hybridized carbons (Fsp3) is 0.500. The van der Waals surface area contributed by atoms with Crippen molar-refractivity contribution < 1.29 is 23.9 Å². The van der Waals surface area contributed by atoms with Crippen LogP contribution in [0.1, 0.15) is 0 Å². The fourth-order valence-corrected chi connectivity index (χ4v) is 1.71. The van der Waals surface area contributed by atoms with E-state index in [1.165, 1.54) is 21.1 Å². The predicted molar refractivity (Wildman–Crippen MR) is 47.9 cm³/mol. The number of imide groups is 2. The van der Waals surface area contributed by atoms with Crippen molar-refractivity contribution in [1.29, 1.82) is 0 Å². The number of hydrogen-bond acceptors (Lipinski definition) is 5. The molecule has 0 N–H and O–H groups in total. The summed E-state index contributed by atoms with van der Waals surface area (Å²) in [6.07, 6.45) is -0.951. The summed E-state index contributed by atoms with van der Waals surface area (Å²) in [5.41, 5.74) is -2.14. The van der Waals surface area contributed by atoms with Crippen LogP contribution in [0.3, 0.4) is 0 Å². The van der Waals surface area contributed by atoms with Gasteiger partial charge in [0.05, 0.1) is 0 Å². The zero-order valence-corrected chi connectivity index (χ0v) is 8.88. The maximum Gasteiger partial charge on any atom is 0.419 e. The van der Waals surface area contributed by atoms with Gasteiger partial charge in [-0.3, -0.25) is 19.4 Å². The van der Waals surface area contributed by atoms with Crippen LogP contribution >= 0.6 is 0 Å². The van der Waals surface area contributed by atoms with Gasteiger partial charge in [-0.05, 0) is 0 Å². The lowest BCUT2D eigenvalue weighted by atomic mass is 10.2. The molecule has 0 bridgehead atoms. The van der Waals surface area contributed by atoms with Gasteiger partial charge >= 0.3 is 29.7 Å². The van der Waals surface area contributed by atoms with E-state index in [4.69, 9.17) is 4.74 Å². The van der Waals surface area contributed by atoms with Gasteiger partial charge in [-0.25, -0.2) is 14.5 Å². The molecular weight excluding hydrogens is 218 g/mol. The van der Waals surface area contributed by atoms with Gasteiger partial charge < -0.3 is 4.74 Å². The number of hydrogen-bond donors (Lipinski definition) is 0. The third-order valence-corrected chi connectivity index (χ3v) is 2.74. The number of likely N-dealkylation sites (N-methyl/N-ethyl adjacent to an activating group) is 3. The summed E-state index contributed by atoms with van der Waals surface area (Å²) in [5.74, 6) is -1.72. The Morgan fingerprint density at radius 1 is 0.938 bits per heavy atom. The van der Waals surface area contributed by atoms with Crippen LogP contribution in [0, 0.1) is 0 Å². The van der Waals surface area contributed by atoms with E-state index in [9.17, 15) is 19.2 Å². The van der Waals surface area contributed by atoms with Gasteiger partial charge in [-0.2, -0.15) is 0 Å². The minimum atomic E-state index is -2.14.